The Morgan fingerprint density at radius 2 is 1.45 bits per heavy atom. The highest BCUT2D eigenvalue weighted by atomic mass is 16.6. The molecule has 3 aromatic carbocycles. The number of para-hydroxylation sites is 2. The zero-order valence-electron chi connectivity index (χ0n) is 24.8. The summed E-state index contributed by atoms with van der Waals surface area (Å²) in [5.41, 5.74) is 4.27. The fourth-order valence-corrected chi connectivity index (χ4v) is 6.72. The number of likely N-dealkylation sites (tertiary alicyclic amines) is 1. The first kappa shape index (κ1) is 28.3. The van der Waals surface area contributed by atoms with Crippen molar-refractivity contribution in [2.24, 2.45) is 5.16 Å². The number of hydrogen-bond acceptors (Lipinski definition) is 6. The molecule has 0 aromatic heterocycles. The van der Waals surface area contributed by atoms with Gasteiger partial charge in [-0.05, 0) is 49.9 Å². The smallest absolute Gasteiger partial charge is 0.271 e. The van der Waals surface area contributed by atoms with Crippen LogP contribution in [0.1, 0.15) is 44.2 Å². The topological polar surface area (TPSA) is 57.6 Å². The van der Waals surface area contributed by atoms with Crippen LogP contribution in [0.5, 0.6) is 5.75 Å². The number of carbonyl (C=O) groups excluding carboxylic acids is 1. The summed E-state index contributed by atoms with van der Waals surface area (Å²) < 4.78 is 6.05. The molecule has 0 bridgehead atoms. The first-order valence-corrected chi connectivity index (χ1v) is 15.4. The van der Waals surface area contributed by atoms with E-state index in [1.54, 1.807) is 0 Å². The van der Waals surface area contributed by atoms with Crippen LogP contribution in [0.15, 0.2) is 90.1 Å². The van der Waals surface area contributed by atoms with Gasteiger partial charge in [0.1, 0.15) is 17.6 Å². The number of piperazine rings is 1. The molecule has 0 N–H and O–H groups in total. The summed E-state index contributed by atoms with van der Waals surface area (Å²) >= 11 is 0. The second-order valence-electron chi connectivity index (χ2n) is 12.0. The summed E-state index contributed by atoms with van der Waals surface area (Å²) in [6.45, 7) is 10.0. The number of amides is 1. The fourth-order valence-electron chi connectivity index (χ4n) is 6.72. The number of nitrogens with zero attached hydrogens (tertiary/aromatic N) is 4. The highest BCUT2D eigenvalue weighted by Crippen LogP contribution is 2.42. The largest absolute Gasteiger partial charge is 0.489 e. The molecule has 0 radical (unpaired) electrons. The van der Waals surface area contributed by atoms with Crippen LogP contribution in [-0.2, 0) is 15.0 Å². The zero-order valence-corrected chi connectivity index (χ0v) is 24.8. The number of anilines is 1. The van der Waals surface area contributed by atoms with Gasteiger partial charge in [0, 0.05) is 57.6 Å². The second kappa shape index (κ2) is 12.6. The van der Waals surface area contributed by atoms with Gasteiger partial charge in [-0.15, -0.1) is 0 Å². The average molecular weight is 567 g/mol. The molecule has 42 heavy (non-hydrogen) atoms. The van der Waals surface area contributed by atoms with Crippen LogP contribution in [0.2, 0.25) is 0 Å². The SMILES string of the molecule is CC(C)Oc1ccccc1N1CCN(CC2CC(C(=O)N3CCC(c4ccccc4)(c4ccccc4)CC3)=NO2)CC1. The van der Waals surface area contributed by atoms with Gasteiger partial charge in [-0.3, -0.25) is 9.69 Å². The van der Waals surface area contributed by atoms with Gasteiger partial charge in [-0.1, -0.05) is 78.0 Å². The molecule has 3 aromatic rings. The lowest BCUT2D eigenvalue weighted by molar-refractivity contribution is -0.125. The quantitative estimate of drug-likeness (QED) is 0.368. The van der Waals surface area contributed by atoms with Crippen molar-refractivity contribution in [1.82, 2.24) is 9.80 Å². The Morgan fingerprint density at radius 3 is 2.07 bits per heavy atom. The van der Waals surface area contributed by atoms with E-state index in [9.17, 15) is 4.79 Å². The molecule has 0 saturated carbocycles. The van der Waals surface area contributed by atoms with Gasteiger partial charge in [-0.25, -0.2) is 0 Å². The first-order valence-electron chi connectivity index (χ1n) is 15.4. The van der Waals surface area contributed by atoms with Crippen LogP contribution >= 0.6 is 0 Å². The van der Waals surface area contributed by atoms with Crippen molar-refractivity contribution in [3.8, 4) is 5.75 Å². The van der Waals surface area contributed by atoms with Gasteiger partial charge >= 0.3 is 0 Å². The Morgan fingerprint density at radius 1 is 0.857 bits per heavy atom. The van der Waals surface area contributed by atoms with Crippen molar-refractivity contribution >= 4 is 17.3 Å². The molecule has 1 atom stereocenters. The summed E-state index contributed by atoms with van der Waals surface area (Å²) in [5.74, 6) is 0.970. The number of ether oxygens (including phenoxy) is 1. The molecule has 6 rings (SSSR count). The van der Waals surface area contributed by atoms with Crippen molar-refractivity contribution in [2.75, 3.05) is 50.7 Å². The summed E-state index contributed by atoms with van der Waals surface area (Å²) in [7, 11) is 0. The van der Waals surface area contributed by atoms with Crippen LogP contribution in [-0.4, -0.2) is 79.4 Å². The minimum Gasteiger partial charge on any atom is -0.489 e. The van der Waals surface area contributed by atoms with Gasteiger partial charge in [0.15, 0.2) is 0 Å². The monoisotopic (exact) mass is 566 g/mol. The number of oxime groups is 1. The molecule has 3 heterocycles. The molecule has 1 unspecified atom stereocenters. The number of rotatable bonds is 8. The van der Waals surface area contributed by atoms with E-state index in [2.05, 4.69) is 108 Å². The molecule has 3 aliphatic heterocycles. The standard InChI is InChI=1S/C35H42N4O3/c1-27(2)41-33-16-10-9-15-32(33)38-23-21-37(22-24-38)26-30-25-31(36-42-30)34(40)39-19-17-35(18-20-39,28-11-5-3-6-12-28)29-13-7-4-8-14-29/h3-16,27,30H,17-26H2,1-2H3. The third kappa shape index (κ3) is 6.02. The van der Waals surface area contributed by atoms with Gasteiger partial charge in [0.05, 0.1) is 11.8 Å². The molecular formula is C35H42N4O3. The summed E-state index contributed by atoms with van der Waals surface area (Å²) in [4.78, 5) is 26.1. The van der Waals surface area contributed by atoms with Crippen molar-refractivity contribution in [3.05, 3.63) is 96.1 Å². The Balaban J connectivity index is 1.01. The number of benzene rings is 3. The highest BCUT2D eigenvalue weighted by Gasteiger charge is 2.40. The third-order valence-corrected chi connectivity index (χ3v) is 8.94. The molecule has 3 aliphatic rings. The average Bonchev–Trinajstić information content (AvgIpc) is 3.50. The molecule has 220 valence electrons. The van der Waals surface area contributed by atoms with E-state index < -0.39 is 0 Å². The van der Waals surface area contributed by atoms with Gasteiger partial charge in [-0.2, -0.15) is 0 Å². The van der Waals surface area contributed by atoms with Gasteiger partial charge in [0.25, 0.3) is 5.91 Å². The van der Waals surface area contributed by atoms with E-state index in [1.807, 2.05) is 11.0 Å². The minimum absolute atomic E-state index is 0.0267. The molecule has 1 amide bonds. The maximum absolute atomic E-state index is 13.5. The van der Waals surface area contributed by atoms with E-state index in [-0.39, 0.29) is 23.5 Å². The van der Waals surface area contributed by atoms with Crippen LogP contribution < -0.4 is 9.64 Å². The number of piperidine rings is 1. The minimum atomic E-state index is -0.0839. The molecule has 0 aliphatic carbocycles. The number of carbonyl (C=O) groups is 1. The Kier molecular flexibility index (Phi) is 8.47. The zero-order chi connectivity index (χ0) is 28.9. The van der Waals surface area contributed by atoms with E-state index in [0.29, 0.717) is 25.2 Å². The predicted molar refractivity (Wildman–Crippen MR) is 167 cm³/mol. The third-order valence-electron chi connectivity index (χ3n) is 8.94. The lowest BCUT2D eigenvalue weighted by atomic mass is 9.68. The Labute approximate surface area is 249 Å². The Bertz CT molecular complexity index is 1320. The fraction of sp³-hybridized carbons (Fsp3) is 0.429. The highest BCUT2D eigenvalue weighted by molar-refractivity contribution is 6.39. The van der Waals surface area contributed by atoms with E-state index >= 15 is 0 Å². The number of hydrogen-bond donors (Lipinski definition) is 0. The van der Waals surface area contributed by atoms with E-state index in [0.717, 1.165) is 57.0 Å². The predicted octanol–water partition coefficient (Wildman–Crippen LogP) is 5.35. The maximum Gasteiger partial charge on any atom is 0.271 e. The lowest BCUT2D eigenvalue weighted by Crippen LogP contribution is -2.49. The van der Waals surface area contributed by atoms with E-state index in [1.165, 1.54) is 11.1 Å². The van der Waals surface area contributed by atoms with Gasteiger partial charge in [0.2, 0.25) is 0 Å². The maximum atomic E-state index is 13.5. The molecule has 7 nitrogen and oxygen atoms in total. The molecule has 0 spiro atoms. The van der Waals surface area contributed by atoms with Gasteiger partial charge < -0.3 is 19.4 Å². The normalized spacial score (nSPS) is 20.7. The molecular weight excluding hydrogens is 524 g/mol. The summed E-state index contributed by atoms with van der Waals surface area (Å²) in [6, 6.07) is 29.8. The first-order chi connectivity index (χ1) is 20.5. The molecule has 2 saturated heterocycles. The summed E-state index contributed by atoms with van der Waals surface area (Å²) in [6.07, 6.45) is 2.41. The Hall–Kier alpha value is -3.84. The van der Waals surface area contributed by atoms with Crippen molar-refractivity contribution in [2.45, 2.75) is 50.7 Å². The van der Waals surface area contributed by atoms with Crippen LogP contribution in [0.4, 0.5) is 5.69 Å². The van der Waals surface area contributed by atoms with Crippen LogP contribution in [0.3, 0.4) is 0 Å². The van der Waals surface area contributed by atoms with Crippen LogP contribution in [0.25, 0.3) is 0 Å². The lowest BCUT2D eigenvalue weighted by Gasteiger charge is -2.42. The van der Waals surface area contributed by atoms with E-state index in [4.69, 9.17) is 9.57 Å². The van der Waals surface area contributed by atoms with Crippen molar-refractivity contribution in [3.63, 3.8) is 0 Å². The van der Waals surface area contributed by atoms with Crippen LogP contribution in [0, 0.1) is 0 Å². The molecule has 2 fully saturated rings. The second-order valence-corrected chi connectivity index (χ2v) is 12.0. The summed E-state index contributed by atoms with van der Waals surface area (Å²) in [5, 5.41) is 4.28. The van der Waals surface area contributed by atoms with Crippen molar-refractivity contribution in [1.29, 1.82) is 0 Å². The van der Waals surface area contributed by atoms with Crippen molar-refractivity contribution < 1.29 is 14.4 Å². The molecule has 7 heteroatoms.